The molecule has 0 fully saturated rings. The van der Waals surface area contributed by atoms with E-state index < -0.39 is 0 Å². The zero-order chi connectivity index (χ0) is 15.0. The van der Waals surface area contributed by atoms with Gasteiger partial charge in [-0.25, -0.2) is 4.98 Å². The van der Waals surface area contributed by atoms with Crippen molar-refractivity contribution in [2.24, 2.45) is 5.92 Å². The third-order valence-corrected chi connectivity index (χ3v) is 4.02. The van der Waals surface area contributed by atoms with Gasteiger partial charge in [0.15, 0.2) is 0 Å². The molecular formula is C15H20N4O2. The summed E-state index contributed by atoms with van der Waals surface area (Å²) >= 11 is 0. The van der Waals surface area contributed by atoms with Crippen LogP contribution in [-0.2, 0) is 6.54 Å². The van der Waals surface area contributed by atoms with E-state index in [0.717, 1.165) is 25.3 Å². The number of nitrogens with zero attached hydrogens (tertiary/aromatic N) is 4. The van der Waals surface area contributed by atoms with Crippen LogP contribution in [-0.4, -0.2) is 32.1 Å². The van der Waals surface area contributed by atoms with Gasteiger partial charge in [0.25, 0.3) is 5.91 Å². The summed E-state index contributed by atoms with van der Waals surface area (Å²) in [6.07, 6.45) is 6.15. The number of aryl methyl sites for hydroxylation is 2. The van der Waals surface area contributed by atoms with E-state index >= 15 is 0 Å². The first-order valence-corrected chi connectivity index (χ1v) is 7.32. The fourth-order valence-electron chi connectivity index (χ4n) is 3.00. The molecule has 1 amide bonds. The van der Waals surface area contributed by atoms with E-state index in [2.05, 4.69) is 28.6 Å². The van der Waals surface area contributed by atoms with Crippen molar-refractivity contribution < 1.29 is 9.32 Å². The van der Waals surface area contributed by atoms with Crippen molar-refractivity contribution in [3.05, 3.63) is 35.7 Å². The van der Waals surface area contributed by atoms with E-state index in [1.54, 1.807) is 6.92 Å². The molecule has 3 rings (SSSR count). The summed E-state index contributed by atoms with van der Waals surface area (Å²) in [6.45, 7) is 7.64. The zero-order valence-electron chi connectivity index (χ0n) is 12.6. The average Bonchev–Trinajstić information content (AvgIpc) is 3.02. The maximum atomic E-state index is 12.9. The van der Waals surface area contributed by atoms with Crippen LogP contribution < -0.4 is 0 Å². The molecule has 0 aromatic carbocycles. The van der Waals surface area contributed by atoms with E-state index in [1.165, 1.54) is 6.26 Å². The van der Waals surface area contributed by atoms with Gasteiger partial charge in [0.05, 0.1) is 11.7 Å². The Balaban J connectivity index is 2.00. The first kappa shape index (κ1) is 13.9. The van der Waals surface area contributed by atoms with E-state index in [1.807, 2.05) is 17.3 Å². The number of amides is 1. The number of rotatable bonds is 2. The first-order chi connectivity index (χ1) is 10.1. The predicted molar refractivity (Wildman–Crippen MR) is 76.7 cm³/mol. The number of carbonyl (C=O) groups is 1. The van der Waals surface area contributed by atoms with Crippen LogP contribution in [0.2, 0.25) is 0 Å². The maximum Gasteiger partial charge on any atom is 0.259 e. The van der Waals surface area contributed by atoms with Crippen LogP contribution in [0.5, 0.6) is 0 Å². The zero-order valence-corrected chi connectivity index (χ0v) is 12.6. The van der Waals surface area contributed by atoms with Gasteiger partial charge < -0.3 is 14.0 Å². The quantitative estimate of drug-likeness (QED) is 0.851. The molecule has 0 spiro atoms. The number of aromatic nitrogens is 3. The average molecular weight is 288 g/mol. The lowest BCUT2D eigenvalue weighted by Gasteiger charge is -2.32. The van der Waals surface area contributed by atoms with Gasteiger partial charge in [0, 0.05) is 25.5 Å². The van der Waals surface area contributed by atoms with Gasteiger partial charge in [-0.1, -0.05) is 19.0 Å². The topological polar surface area (TPSA) is 64.2 Å². The van der Waals surface area contributed by atoms with Crippen molar-refractivity contribution >= 4 is 5.91 Å². The highest BCUT2D eigenvalue weighted by Crippen LogP contribution is 2.31. The highest BCUT2D eigenvalue weighted by Gasteiger charge is 2.34. The van der Waals surface area contributed by atoms with Gasteiger partial charge >= 0.3 is 0 Å². The molecule has 2 aromatic heterocycles. The van der Waals surface area contributed by atoms with Crippen molar-refractivity contribution in [1.82, 2.24) is 19.6 Å². The van der Waals surface area contributed by atoms with Crippen molar-refractivity contribution in [3.8, 4) is 0 Å². The molecule has 1 aliphatic heterocycles. The summed E-state index contributed by atoms with van der Waals surface area (Å²) in [7, 11) is 0. The second kappa shape index (κ2) is 5.35. The van der Waals surface area contributed by atoms with Crippen LogP contribution in [0.25, 0.3) is 0 Å². The van der Waals surface area contributed by atoms with Crippen LogP contribution in [0.15, 0.2) is 23.2 Å². The largest absolute Gasteiger partial charge is 0.364 e. The molecule has 0 aliphatic carbocycles. The number of imidazole rings is 1. The third-order valence-electron chi connectivity index (χ3n) is 4.02. The third kappa shape index (κ3) is 2.34. The molecule has 21 heavy (non-hydrogen) atoms. The molecule has 112 valence electrons. The molecule has 0 N–H and O–H groups in total. The first-order valence-electron chi connectivity index (χ1n) is 7.32. The molecular weight excluding hydrogens is 268 g/mol. The molecule has 6 heteroatoms. The normalized spacial score (nSPS) is 18.7. The molecule has 1 aliphatic rings. The Morgan fingerprint density at radius 2 is 2.24 bits per heavy atom. The molecule has 0 saturated carbocycles. The van der Waals surface area contributed by atoms with Gasteiger partial charge in [-0.2, -0.15) is 0 Å². The summed E-state index contributed by atoms with van der Waals surface area (Å²) < 4.78 is 7.07. The van der Waals surface area contributed by atoms with E-state index in [0.29, 0.717) is 11.3 Å². The second-order valence-electron chi connectivity index (χ2n) is 5.83. The van der Waals surface area contributed by atoms with E-state index in [4.69, 9.17) is 4.52 Å². The van der Waals surface area contributed by atoms with Crippen molar-refractivity contribution in [2.45, 2.75) is 39.8 Å². The molecule has 3 heterocycles. The summed E-state index contributed by atoms with van der Waals surface area (Å²) in [5.74, 6) is 1.22. The number of carbonyl (C=O) groups excluding carboxylic acids is 1. The summed E-state index contributed by atoms with van der Waals surface area (Å²) in [6, 6.07) is -0.0238. The Hall–Kier alpha value is -2.11. The Labute approximate surface area is 123 Å². The number of hydrogen-bond donors (Lipinski definition) is 0. The number of hydrogen-bond acceptors (Lipinski definition) is 4. The lowest BCUT2D eigenvalue weighted by molar-refractivity contribution is 0.0620. The monoisotopic (exact) mass is 288 g/mol. The van der Waals surface area contributed by atoms with Crippen LogP contribution in [0.3, 0.4) is 0 Å². The van der Waals surface area contributed by atoms with E-state index in [-0.39, 0.29) is 17.9 Å². The Kier molecular flexibility index (Phi) is 3.53. The molecule has 1 atom stereocenters. The Morgan fingerprint density at radius 3 is 2.90 bits per heavy atom. The van der Waals surface area contributed by atoms with Gasteiger partial charge in [-0.15, -0.1) is 0 Å². The summed E-state index contributed by atoms with van der Waals surface area (Å²) in [5.41, 5.74) is 1.18. The standard InChI is InChI=1S/C15H20N4O2/c1-10(2)13-14-16-5-8-18(14)6-4-7-19(13)15(20)12-9-21-17-11(12)3/h5,8-10,13H,4,6-7H2,1-3H3. The summed E-state index contributed by atoms with van der Waals surface area (Å²) in [4.78, 5) is 19.3. The minimum absolute atomic E-state index is 0.0238. The van der Waals surface area contributed by atoms with Gasteiger partial charge in [-0.3, -0.25) is 4.79 Å². The Bertz CT molecular complexity index is 644. The molecule has 0 bridgehead atoms. The fourth-order valence-corrected chi connectivity index (χ4v) is 3.00. The maximum absolute atomic E-state index is 12.9. The van der Waals surface area contributed by atoms with Gasteiger partial charge in [0.2, 0.25) is 0 Å². The Morgan fingerprint density at radius 1 is 1.43 bits per heavy atom. The van der Waals surface area contributed by atoms with Crippen molar-refractivity contribution in [1.29, 1.82) is 0 Å². The predicted octanol–water partition coefficient (Wildman–Crippen LogP) is 2.42. The minimum atomic E-state index is -0.0242. The molecule has 6 nitrogen and oxygen atoms in total. The lowest BCUT2D eigenvalue weighted by atomic mass is 10.0. The molecule has 2 aromatic rings. The van der Waals surface area contributed by atoms with Crippen molar-refractivity contribution in [2.75, 3.05) is 6.54 Å². The smallest absolute Gasteiger partial charge is 0.259 e. The van der Waals surface area contributed by atoms with Crippen LogP contribution in [0.1, 0.15) is 48.2 Å². The SMILES string of the molecule is Cc1nocc1C(=O)N1CCCn2ccnc2C1C(C)C. The number of fused-ring (bicyclic) bond motifs is 1. The lowest BCUT2D eigenvalue weighted by Crippen LogP contribution is -2.38. The molecule has 0 radical (unpaired) electrons. The van der Waals surface area contributed by atoms with Gasteiger partial charge in [-0.05, 0) is 19.3 Å². The van der Waals surface area contributed by atoms with Crippen LogP contribution in [0.4, 0.5) is 0 Å². The van der Waals surface area contributed by atoms with Crippen LogP contribution in [0, 0.1) is 12.8 Å². The molecule has 1 unspecified atom stereocenters. The molecule has 0 saturated heterocycles. The highest BCUT2D eigenvalue weighted by molar-refractivity contribution is 5.95. The fraction of sp³-hybridized carbons (Fsp3) is 0.533. The van der Waals surface area contributed by atoms with Gasteiger partial charge in [0.1, 0.15) is 17.7 Å². The minimum Gasteiger partial charge on any atom is -0.364 e. The van der Waals surface area contributed by atoms with Crippen molar-refractivity contribution in [3.63, 3.8) is 0 Å². The summed E-state index contributed by atoms with van der Waals surface area (Å²) in [5, 5.41) is 3.82. The second-order valence-corrected chi connectivity index (χ2v) is 5.83. The highest BCUT2D eigenvalue weighted by atomic mass is 16.5. The van der Waals surface area contributed by atoms with E-state index in [9.17, 15) is 4.79 Å². The van der Waals surface area contributed by atoms with Crippen LogP contribution >= 0.6 is 0 Å².